The van der Waals surface area contributed by atoms with Gasteiger partial charge < -0.3 is 69.3 Å². The second-order valence-electron chi connectivity index (χ2n) is 26.9. The number of esters is 1. The number of benzene rings is 2. The van der Waals surface area contributed by atoms with E-state index in [-0.39, 0.29) is 50.2 Å². The molecule has 4 aliphatic rings. The second kappa shape index (κ2) is 34.0. The quantitative estimate of drug-likeness (QED) is 0.0269. The fourth-order valence-corrected chi connectivity index (χ4v) is 13.6. The molecule has 2 aliphatic carbocycles. The van der Waals surface area contributed by atoms with Crippen molar-refractivity contribution in [3.05, 3.63) is 59.3 Å². The first kappa shape index (κ1) is 75.6. The van der Waals surface area contributed by atoms with E-state index in [2.05, 4.69) is 61.2 Å². The van der Waals surface area contributed by atoms with Crippen LogP contribution in [-0.2, 0) is 42.9 Å². The van der Waals surface area contributed by atoms with E-state index in [9.17, 15) is 33.9 Å². The number of carboxylic acids is 1. The van der Waals surface area contributed by atoms with Crippen molar-refractivity contribution in [1.29, 1.82) is 0 Å². The summed E-state index contributed by atoms with van der Waals surface area (Å²) in [6, 6.07) is 11.1. The number of likely N-dealkylation sites (tertiary alicyclic amines) is 2. The minimum absolute atomic E-state index is 0.0240. The summed E-state index contributed by atoms with van der Waals surface area (Å²) >= 11 is 7.70. The molecule has 6 atom stereocenters. The fourth-order valence-electron chi connectivity index (χ4n) is 11.9. The molecule has 5 N–H and O–H groups in total. The van der Waals surface area contributed by atoms with Gasteiger partial charge in [0.2, 0.25) is 11.8 Å². The first-order valence-electron chi connectivity index (χ1n) is 32.1. The molecule has 0 unspecified atom stereocenters. The van der Waals surface area contributed by atoms with Gasteiger partial charge in [0.15, 0.2) is 10.3 Å². The van der Waals surface area contributed by atoms with Crippen LogP contribution in [0.25, 0.3) is 44.6 Å². The fraction of sp³-hybridized carbons (Fsp3) is 0.552. The van der Waals surface area contributed by atoms with Gasteiger partial charge in [-0.3, -0.25) is 9.59 Å². The van der Waals surface area contributed by atoms with Crippen molar-refractivity contribution < 1.29 is 76.5 Å². The molecule has 24 nitrogen and oxygen atoms in total. The number of hydrogen-bond donors (Lipinski definition) is 5. The van der Waals surface area contributed by atoms with Crippen molar-refractivity contribution in [2.75, 3.05) is 45.1 Å². The number of carbonyl (C=O) groups is 6. The average Bonchev–Trinajstić information content (AvgIpc) is 1.51. The Kier molecular flexibility index (Phi) is 26.8. The maximum atomic E-state index is 14.1. The third-order valence-electron chi connectivity index (χ3n) is 16.7. The van der Waals surface area contributed by atoms with E-state index in [0.29, 0.717) is 71.7 Å². The summed E-state index contributed by atoms with van der Waals surface area (Å²) in [4.78, 5) is 101. The average molecular weight is 1630 g/mol. The van der Waals surface area contributed by atoms with E-state index >= 15 is 0 Å². The summed E-state index contributed by atoms with van der Waals surface area (Å²) in [5.41, 5.74) is 2.44. The van der Waals surface area contributed by atoms with Gasteiger partial charge in [-0.15, -0.1) is 22.7 Å². The Hall–Kier alpha value is -6.22. The standard InChI is InChI=1S/C34H45N5O7S.C33H43N5O7S.2HI.V/c1-19(2)35-32-37-26(18-47-32)25-16-28(23-13-12-21(43-6)14-24(23)36-25)45-22-15-27(31(41)44-7)39(17-22)30(40)29(34(3,4)5)38-33(42)46-20-10-8-9-11-20;1-18(2)34-31-36-25(17-46-31)24-15-27(22-12-11-20(43-6)13-23(22)35-24)44-21-14-26(30(40)41)38(16-21)29(39)28(33(3,4)5)37-32(42)45-19-9-7-8-10-19;;;/h12-14,16,18-20,22,27,29H,8-11,15,17H2,1-7H3,(H,35,37)(H,38,42);11-13,15,17-19,21,26,28H,7-10,14,16H2,1-6H3,(H,34,36)(H,37,42)(H,40,41);2*1H;/q;;;;+2/p-2/t22-,27+,29-;21-,26+,28-;;;/m11.../s1. The number of hydrogen-bond acceptors (Lipinski definition) is 21. The number of rotatable bonds is 20. The summed E-state index contributed by atoms with van der Waals surface area (Å²) in [6.45, 7) is 19.4. The predicted octanol–water partition coefficient (Wildman–Crippen LogP) is 13.3. The van der Waals surface area contributed by atoms with Crippen molar-refractivity contribution in [3.8, 4) is 45.8 Å². The number of aromatic nitrogens is 4. The number of aliphatic carboxylic acids is 1. The Morgan fingerprint density at radius 1 is 0.573 bits per heavy atom. The summed E-state index contributed by atoms with van der Waals surface area (Å²) in [5.74, 6) is -0.298. The Balaban J connectivity index is 0.000000236. The number of pyridine rings is 2. The molecule has 521 valence electrons. The molecule has 4 fully saturated rings. The molecule has 10 rings (SSSR count). The Morgan fingerprint density at radius 3 is 1.31 bits per heavy atom. The van der Waals surface area contributed by atoms with Gasteiger partial charge in [0, 0.05) is 70.7 Å². The molecule has 29 heteroatoms. The predicted molar refractivity (Wildman–Crippen MR) is 383 cm³/mol. The summed E-state index contributed by atoms with van der Waals surface area (Å²) < 4.78 is 40.3. The number of nitrogens with one attached hydrogen (secondary N) is 4. The van der Waals surface area contributed by atoms with Crippen molar-refractivity contribution in [2.24, 2.45) is 10.8 Å². The van der Waals surface area contributed by atoms with E-state index < -0.39 is 83.1 Å². The molecule has 96 heavy (non-hydrogen) atoms. The van der Waals surface area contributed by atoms with Gasteiger partial charge in [-0.05, 0) is 114 Å². The van der Waals surface area contributed by atoms with Gasteiger partial charge in [0.25, 0.3) is 0 Å². The number of carbonyl (C=O) groups excluding carboxylic acids is 5. The molecule has 2 saturated heterocycles. The van der Waals surface area contributed by atoms with E-state index in [0.717, 1.165) is 67.0 Å². The van der Waals surface area contributed by atoms with Crippen LogP contribution in [-0.4, -0.2) is 166 Å². The summed E-state index contributed by atoms with van der Waals surface area (Å²) in [7, 11) is 5.10. The first-order chi connectivity index (χ1) is 45.6. The summed E-state index contributed by atoms with van der Waals surface area (Å²) in [5, 5.41) is 29.2. The molecular formula is C67H88I2N10O14S2V. The minimum atomic E-state index is -1.14. The Bertz CT molecular complexity index is 3690. The number of halogens is 2. The number of fused-ring (bicyclic) bond motifs is 2. The molecule has 2 saturated carbocycles. The molecule has 0 spiro atoms. The monoisotopic (exact) mass is 1630 g/mol. The number of methoxy groups -OCH3 is 3. The van der Waals surface area contributed by atoms with Crippen molar-refractivity contribution >= 4 is 131 Å². The van der Waals surface area contributed by atoms with Crippen LogP contribution in [0.2, 0.25) is 0 Å². The van der Waals surface area contributed by atoms with Crippen molar-refractivity contribution in [1.82, 2.24) is 40.4 Å². The van der Waals surface area contributed by atoms with Crippen LogP contribution in [0.1, 0.15) is 133 Å². The van der Waals surface area contributed by atoms with Crippen molar-refractivity contribution in [2.45, 2.75) is 194 Å². The van der Waals surface area contributed by atoms with Gasteiger partial charge in [0.05, 0.1) is 56.8 Å². The van der Waals surface area contributed by atoms with Gasteiger partial charge in [-0.2, -0.15) is 0 Å². The van der Waals surface area contributed by atoms with Gasteiger partial charge in [-0.1, -0.05) is 41.5 Å². The number of thiazole rings is 2. The van der Waals surface area contributed by atoms with E-state index in [1.165, 1.54) is 39.6 Å². The Labute approximate surface area is 597 Å². The third-order valence-corrected chi connectivity index (χ3v) is 18.2. The molecular weight excluding hydrogens is 1540 g/mol. The van der Waals surface area contributed by atoms with Crippen LogP contribution in [0.4, 0.5) is 19.9 Å². The molecule has 6 heterocycles. The number of carboxylic acid groups (broad SMARTS) is 1. The normalized spacial score (nSPS) is 18.8. The first-order valence-corrected chi connectivity index (χ1v) is 42.9. The number of nitrogens with zero attached hydrogens (tertiary/aromatic N) is 6. The maximum absolute atomic E-state index is 14.1. The second-order valence-corrected chi connectivity index (χ2v) is 40.4. The van der Waals surface area contributed by atoms with Crippen LogP contribution in [0.5, 0.6) is 23.0 Å². The molecule has 6 aromatic rings. The van der Waals surface area contributed by atoms with E-state index in [1.54, 1.807) is 32.4 Å². The van der Waals surface area contributed by atoms with Crippen LogP contribution < -0.4 is 40.2 Å². The summed E-state index contributed by atoms with van der Waals surface area (Å²) in [6.07, 6.45) is 4.70. The number of alkyl carbamates (subject to hydrolysis) is 2. The zero-order valence-electron chi connectivity index (χ0n) is 56.5. The number of anilines is 2. The van der Waals surface area contributed by atoms with Gasteiger partial charge >= 0.3 is 73.5 Å². The molecule has 2 aliphatic heterocycles. The van der Waals surface area contributed by atoms with Gasteiger partial charge in [-0.25, -0.2) is 39.1 Å². The third kappa shape index (κ3) is 20.0. The van der Waals surface area contributed by atoms with E-state index in [4.69, 9.17) is 53.1 Å². The van der Waals surface area contributed by atoms with Crippen molar-refractivity contribution in [3.63, 3.8) is 0 Å². The van der Waals surface area contributed by atoms with Crippen LogP contribution in [0.15, 0.2) is 59.3 Å². The topological polar surface area (TPSA) is 293 Å². The Morgan fingerprint density at radius 2 is 0.958 bits per heavy atom. The van der Waals surface area contributed by atoms with Crippen LogP contribution in [0, 0.1) is 10.8 Å². The zero-order chi connectivity index (χ0) is 69.8. The zero-order valence-corrected chi connectivity index (χ0v) is 63.8. The van der Waals surface area contributed by atoms with Crippen LogP contribution >= 0.6 is 62.6 Å². The SMILES string of the molecule is COC(=O)[C@@H]1C[C@@H](Oc2cc(-c3csc(NC(C)C)n3)nc3cc(OC)ccc23)CN1C(=O)[C@@H](NC(=O)OC1CCCC1)C(C)(C)C.COc1ccc2c(O[C@@H]3C[C@@H](C(=O)O)N(C(=O)[C@@H](NC(=O)OC4CCCC4)C(C)(C)C)C3)cc(-c3csc(NC(C)C)n3)nc2c1.[I][V][I]. The molecule has 4 aromatic heterocycles. The molecule has 2 aromatic carbocycles. The van der Waals surface area contributed by atoms with Gasteiger partial charge in [0.1, 0.15) is 83.0 Å². The molecule has 0 bridgehead atoms. The number of ether oxygens (including phenoxy) is 7. The molecule has 4 amide bonds. The van der Waals surface area contributed by atoms with Crippen LogP contribution in [0.3, 0.4) is 0 Å². The van der Waals surface area contributed by atoms with E-state index in [1.807, 2.05) is 110 Å². The molecule has 0 radical (unpaired) electrons. The number of amides is 4.